The SMILES string of the molecule is Cc1ccccc1[C@H](C)NC(=O)CN1CCc2sccc2[C@H]1C. The van der Waals surface area contributed by atoms with Gasteiger partial charge in [-0.3, -0.25) is 9.69 Å². The van der Waals surface area contributed by atoms with Gasteiger partial charge in [-0.1, -0.05) is 24.3 Å². The molecule has 0 radical (unpaired) electrons. The molecule has 122 valence electrons. The molecule has 3 nitrogen and oxygen atoms in total. The van der Waals surface area contributed by atoms with Gasteiger partial charge in [-0.05, 0) is 55.3 Å². The van der Waals surface area contributed by atoms with Crippen molar-refractivity contribution in [3.05, 3.63) is 57.3 Å². The number of carbonyl (C=O) groups excluding carboxylic acids is 1. The minimum absolute atomic E-state index is 0.0421. The number of carbonyl (C=O) groups is 1. The number of thiophene rings is 1. The number of hydrogen-bond donors (Lipinski definition) is 1. The maximum atomic E-state index is 12.5. The van der Waals surface area contributed by atoms with Gasteiger partial charge in [0, 0.05) is 17.5 Å². The normalized spacial score (nSPS) is 19.2. The van der Waals surface area contributed by atoms with Crippen LogP contribution in [0, 0.1) is 6.92 Å². The first-order chi connectivity index (χ1) is 11.1. The molecule has 0 saturated carbocycles. The van der Waals surface area contributed by atoms with E-state index in [9.17, 15) is 4.79 Å². The van der Waals surface area contributed by atoms with Crippen molar-refractivity contribution in [3.63, 3.8) is 0 Å². The van der Waals surface area contributed by atoms with Gasteiger partial charge in [0.2, 0.25) is 5.91 Å². The van der Waals surface area contributed by atoms with Crippen molar-refractivity contribution in [3.8, 4) is 0 Å². The average Bonchev–Trinajstić information content (AvgIpc) is 3.00. The Kier molecular flexibility index (Phi) is 4.83. The molecule has 0 fully saturated rings. The van der Waals surface area contributed by atoms with Gasteiger partial charge in [0.25, 0.3) is 0 Å². The van der Waals surface area contributed by atoms with Crippen molar-refractivity contribution in [2.45, 2.75) is 39.3 Å². The van der Waals surface area contributed by atoms with Gasteiger partial charge in [-0.15, -0.1) is 11.3 Å². The number of fused-ring (bicyclic) bond motifs is 1. The summed E-state index contributed by atoms with van der Waals surface area (Å²) in [7, 11) is 0. The van der Waals surface area contributed by atoms with Crippen molar-refractivity contribution in [2.24, 2.45) is 0 Å². The quantitative estimate of drug-likeness (QED) is 0.924. The van der Waals surface area contributed by atoms with Crippen molar-refractivity contribution in [2.75, 3.05) is 13.1 Å². The smallest absolute Gasteiger partial charge is 0.234 e. The molecule has 2 heterocycles. The molecule has 2 atom stereocenters. The van der Waals surface area contributed by atoms with Gasteiger partial charge in [0.15, 0.2) is 0 Å². The van der Waals surface area contributed by atoms with Gasteiger partial charge >= 0.3 is 0 Å². The van der Waals surface area contributed by atoms with Crippen LogP contribution in [0.2, 0.25) is 0 Å². The Morgan fingerprint density at radius 3 is 2.96 bits per heavy atom. The molecule has 0 aliphatic carbocycles. The van der Waals surface area contributed by atoms with E-state index >= 15 is 0 Å². The van der Waals surface area contributed by atoms with Gasteiger partial charge < -0.3 is 5.32 Å². The molecule has 1 aromatic heterocycles. The summed E-state index contributed by atoms with van der Waals surface area (Å²) in [5.41, 5.74) is 3.79. The van der Waals surface area contributed by atoms with E-state index in [2.05, 4.69) is 54.6 Å². The van der Waals surface area contributed by atoms with Crippen LogP contribution in [0.25, 0.3) is 0 Å². The van der Waals surface area contributed by atoms with E-state index in [1.807, 2.05) is 23.5 Å². The molecular weight excluding hydrogens is 304 g/mol. The lowest BCUT2D eigenvalue weighted by Gasteiger charge is -2.33. The molecule has 0 bridgehead atoms. The summed E-state index contributed by atoms with van der Waals surface area (Å²) >= 11 is 1.83. The van der Waals surface area contributed by atoms with Crippen molar-refractivity contribution in [1.29, 1.82) is 0 Å². The number of nitrogens with one attached hydrogen (secondary N) is 1. The highest BCUT2D eigenvalue weighted by Crippen LogP contribution is 2.32. The highest BCUT2D eigenvalue weighted by molar-refractivity contribution is 7.10. The van der Waals surface area contributed by atoms with Crippen LogP contribution in [0.5, 0.6) is 0 Å². The topological polar surface area (TPSA) is 32.3 Å². The van der Waals surface area contributed by atoms with Crippen molar-refractivity contribution >= 4 is 17.2 Å². The number of rotatable bonds is 4. The van der Waals surface area contributed by atoms with Crippen LogP contribution in [0.1, 0.15) is 47.5 Å². The molecule has 0 saturated heterocycles. The first-order valence-electron chi connectivity index (χ1n) is 8.21. The van der Waals surface area contributed by atoms with Crippen LogP contribution >= 0.6 is 11.3 Å². The monoisotopic (exact) mass is 328 g/mol. The maximum absolute atomic E-state index is 12.5. The lowest BCUT2D eigenvalue weighted by atomic mass is 10.0. The number of nitrogens with zero attached hydrogens (tertiary/aromatic N) is 1. The van der Waals surface area contributed by atoms with Crippen LogP contribution < -0.4 is 5.32 Å². The third-order valence-corrected chi connectivity index (χ3v) is 5.78. The van der Waals surface area contributed by atoms with Gasteiger partial charge in [0.1, 0.15) is 0 Å². The second kappa shape index (κ2) is 6.85. The third-order valence-electron chi connectivity index (χ3n) is 4.78. The number of benzene rings is 1. The Bertz CT molecular complexity index is 694. The first kappa shape index (κ1) is 16.2. The van der Waals surface area contributed by atoms with Crippen LogP contribution in [0.3, 0.4) is 0 Å². The summed E-state index contributed by atoms with van der Waals surface area (Å²) in [6, 6.07) is 10.8. The fraction of sp³-hybridized carbons (Fsp3) is 0.421. The zero-order valence-corrected chi connectivity index (χ0v) is 14.8. The number of hydrogen-bond acceptors (Lipinski definition) is 3. The lowest BCUT2D eigenvalue weighted by molar-refractivity contribution is -0.123. The van der Waals surface area contributed by atoms with E-state index in [0.29, 0.717) is 12.6 Å². The van der Waals surface area contributed by atoms with Crippen molar-refractivity contribution in [1.82, 2.24) is 10.2 Å². The fourth-order valence-corrected chi connectivity index (χ4v) is 4.36. The molecule has 2 aromatic rings. The summed E-state index contributed by atoms with van der Waals surface area (Å²) in [6.07, 6.45) is 1.05. The number of aryl methyl sites for hydroxylation is 1. The summed E-state index contributed by atoms with van der Waals surface area (Å²) in [5.74, 6) is 0.103. The summed E-state index contributed by atoms with van der Waals surface area (Å²) in [4.78, 5) is 16.2. The molecule has 1 aliphatic heterocycles. The summed E-state index contributed by atoms with van der Waals surface area (Å²) < 4.78 is 0. The van der Waals surface area contributed by atoms with E-state index in [0.717, 1.165) is 13.0 Å². The largest absolute Gasteiger partial charge is 0.348 e. The molecule has 1 aliphatic rings. The summed E-state index contributed by atoms with van der Waals surface area (Å²) in [6.45, 7) is 7.76. The molecule has 1 aromatic carbocycles. The molecule has 0 spiro atoms. The maximum Gasteiger partial charge on any atom is 0.234 e. The Balaban J connectivity index is 1.61. The second-order valence-electron chi connectivity index (χ2n) is 6.34. The molecule has 3 rings (SSSR count). The predicted octanol–water partition coefficient (Wildman–Crippen LogP) is 3.85. The van der Waals surface area contributed by atoms with Crippen molar-refractivity contribution < 1.29 is 4.79 Å². The van der Waals surface area contributed by atoms with Gasteiger partial charge in [-0.25, -0.2) is 0 Å². The first-order valence-corrected chi connectivity index (χ1v) is 9.09. The van der Waals surface area contributed by atoms with E-state index in [4.69, 9.17) is 0 Å². The molecule has 0 unspecified atom stereocenters. The molecular formula is C19H24N2OS. The summed E-state index contributed by atoms with van der Waals surface area (Å²) in [5, 5.41) is 5.30. The zero-order valence-electron chi connectivity index (χ0n) is 14.0. The standard InChI is InChI=1S/C19H24N2OS/c1-13-6-4-5-7-16(13)14(2)20-19(22)12-21-10-8-18-17(15(21)3)9-11-23-18/h4-7,9,11,14-15H,8,10,12H2,1-3H3,(H,20,22)/t14-,15+/m0/s1. The van der Waals surface area contributed by atoms with Crippen LogP contribution in [-0.4, -0.2) is 23.9 Å². The Labute approximate surface area is 142 Å². The van der Waals surface area contributed by atoms with E-state index in [1.165, 1.54) is 21.6 Å². The van der Waals surface area contributed by atoms with E-state index in [-0.39, 0.29) is 11.9 Å². The number of amides is 1. The Morgan fingerprint density at radius 2 is 2.17 bits per heavy atom. The van der Waals surface area contributed by atoms with E-state index < -0.39 is 0 Å². The minimum atomic E-state index is 0.0421. The highest BCUT2D eigenvalue weighted by atomic mass is 32.1. The third kappa shape index (κ3) is 3.48. The Hall–Kier alpha value is -1.65. The van der Waals surface area contributed by atoms with Crippen LogP contribution in [0.4, 0.5) is 0 Å². The van der Waals surface area contributed by atoms with E-state index in [1.54, 1.807) is 0 Å². The molecule has 1 N–H and O–H groups in total. The average molecular weight is 328 g/mol. The molecule has 4 heteroatoms. The van der Waals surface area contributed by atoms with Crippen LogP contribution in [0.15, 0.2) is 35.7 Å². The predicted molar refractivity (Wildman–Crippen MR) is 95.7 cm³/mol. The fourth-order valence-electron chi connectivity index (χ4n) is 3.40. The zero-order chi connectivity index (χ0) is 16.4. The molecule has 1 amide bonds. The Morgan fingerprint density at radius 1 is 1.39 bits per heavy atom. The van der Waals surface area contributed by atoms with Gasteiger partial charge in [0.05, 0.1) is 12.6 Å². The highest BCUT2D eigenvalue weighted by Gasteiger charge is 2.26. The van der Waals surface area contributed by atoms with Crippen LogP contribution in [-0.2, 0) is 11.2 Å². The molecule has 23 heavy (non-hydrogen) atoms. The van der Waals surface area contributed by atoms with Gasteiger partial charge in [-0.2, -0.15) is 0 Å². The second-order valence-corrected chi connectivity index (χ2v) is 7.34. The minimum Gasteiger partial charge on any atom is -0.348 e. The lowest BCUT2D eigenvalue weighted by Crippen LogP contribution is -2.42.